The van der Waals surface area contributed by atoms with Crippen LogP contribution in [0, 0.1) is 0 Å². The minimum atomic E-state index is 0.804. The molecule has 0 radical (unpaired) electrons. The van der Waals surface area contributed by atoms with Crippen molar-refractivity contribution in [2.45, 2.75) is 13.1 Å². The van der Waals surface area contributed by atoms with Crippen molar-refractivity contribution in [3.05, 3.63) is 54.2 Å². The zero-order valence-electron chi connectivity index (χ0n) is 9.25. The summed E-state index contributed by atoms with van der Waals surface area (Å²) in [4.78, 5) is 4.03. The first-order valence-corrected chi connectivity index (χ1v) is 5.91. The largest absolute Gasteiger partial charge is 0.344 e. The minimum absolute atomic E-state index is 0.804. The van der Waals surface area contributed by atoms with Crippen molar-refractivity contribution >= 4 is 22.5 Å². The summed E-state index contributed by atoms with van der Waals surface area (Å²) in [5, 5.41) is 1.99. The summed E-state index contributed by atoms with van der Waals surface area (Å²) < 4.78 is 4.24. The van der Waals surface area contributed by atoms with E-state index in [4.69, 9.17) is 11.6 Å². The second kappa shape index (κ2) is 4.26. The summed E-state index contributed by atoms with van der Waals surface area (Å²) in [6.45, 7) is 1.79. The van der Waals surface area contributed by atoms with E-state index < -0.39 is 0 Å². The summed E-state index contributed by atoms with van der Waals surface area (Å²) in [7, 11) is 0. The van der Waals surface area contributed by atoms with Gasteiger partial charge in [0.05, 0.1) is 16.9 Å². The van der Waals surface area contributed by atoms with Gasteiger partial charge in [0.15, 0.2) is 0 Å². The van der Waals surface area contributed by atoms with Crippen LogP contribution in [-0.4, -0.2) is 14.1 Å². The lowest BCUT2D eigenvalue weighted by atomic mass is 10.2. The highest BCUT2D eigenvalue weighted by Crippen LogP contribution is 2.24. The highest BCUT2D eigenvalue weighted by atomic mass is 35.5. The van der Waals surface area contributed by atoms with Gasteiger partial charge in [-0.3, -0.25) is 0 Å². The summed E-state index contributed by atoms with van der Waals surface area (Å²) in [6.07, 6.45) is 7.66. The Morgan fingerprint density at radius 2 is 2.06 bits per heavy atom. The molecular weight excluding hydrogens is 234 g/mol. The Bertz CT molecular complexity index is 625. The third kappa shape index (κ3) is 1.94. The average molecular weight is 246 g/mol. The molecule has 0 saturated carbocycles. The maximum Gasteiger partial charge on any atom is 0.0946 e. The van der Waals surface area contributed by atoms with E-state index in [9.17, 15) is 0 Å². The van der Waals surface area contributed by atoms with Crippen molar-refractivity contribution in [1.82, 2.24) is 14.1 Å². The molecule has 3 aromatic rings. The number of halogens is 1. The van der Waals surface area contributed by atoms with Gasteiger partial charge in [0.1, 0.15) is 0 Å². The summed E-state index contributed by atoms with van der Waals surface area (Å²) >= 11 is 6.22. The Hall–Kier alpha value is -1.74. The average Bonchev–Trinajstić information content (AvgIpc) is 2.95. The Morgan fingerprint density at radius 1 is 1.12 bits per heavy atom. The van der Waals surface area contributed by atoms with Crippen molar-refractivity contribution in [3.8, 4) is 0 Å². The fourth-order valence-electron chi connectivity index (χ4n) is 2.04. The molecule has 1 aromatic carbocycles. The number of para-hydroxylation sites is 1. The number of aromatic nitrogens is 3. The van der Waals surface area contributed by atoms with Crippen LogP contribution < -0.4 is 0 Å². The van der Waals surface area contributed by atoms with E-state index in [1.807, 2.05) is 24.7 Å². The topological polar surface area (TPSA) is 22.8 Å². The van der Waals surface area contributed by atoms with Crippen molar-refractivity contribution in [2.24, 2.45) is 0 Å². The van der Waals surface area contributed by atoms with Crippen molar-refractivity contribution in [3.63, 3.8) is 0 Å². The van der Waals surface area contributed by atoms with E-state index >= 15 is 0 Å². The number of aryl methyl sites for hydroxylation is 2. The Balaban J connectivity index is 1.90. The molecule has 0 N–H and O–H groups in total. The number of hydrogen-bond acceptors (Lipinski definition) is 1. The number of rotatable bonds is 3. The number of benzene rings is 1. The molecule has 3 rings (SSSR count). The van der Waals surface area contributed by atoms with Crippen LogP contribution in [0.5, 0.6) is 0 Å². The lowest BCUT2D eigenvalue weighted by molar-refractivity contribution is 0.592. The van der Waals surface area contributed by atoms with Gasteiger partial charge in [0.25, 0.3) is 0 Å². The molecule has 0 bridgehead atoms. The molecule has 2 heterocycles. The molecule has 17 heavy (non-hydrogen) atoms. The quantitative estimate of drug-likeness (QED) is 0.695. The molecule has 0 saturated heterocycles. The van der Waals surface area contributed by atoms with Gasteiger partial charge >= 0.3 is 0 Å². The van der Waals surface area contributed by atoms with E-state index in [0.29, 0.717) is 0 Å². The molecule has 0 aliphatic carbocycles. The summed E-state index contributed by atoms with van der Waals surface area (Å²) in [6, 6.07) is 8.08. The Morgan fingerprint density at radius 3 is 2.88 bits per heavy atom. The second-order valence-electron chi connectivity index (χ2n) is 3.99. The van der Waals surface area contributed by atoms with Crippen LogP contribution in [-0.2, 0) is 13.1 Å². The lowest BCUT2D eigenvalue weighted by Gasteiger charge is -2.07. The predicted octanol–water partition coefficient (Wildman–Crippen LogP) is 3.19. The lowest BCUT2D eigenvalue weighted by Crippen LogP contribution is -2.04. The Labute approximate surface area is 104 Å². The van der Waals surface area contributed by atoms with Gasteiger partial charge in [-0.05, 0) is 12.1 Å². The first-order chi connectivity index (χ1) is 8.34. The van der Waals surface area contributed by atoms with Crippen LogP contribution in [0.1, 0.15) is 0 Å². The highest BCUT2D eigenvalue weighted by Gasteiger charge is 2.04. The molecule has 0 fully saturated rings. The number of nitrogens with zero attached hydrogens (tertiary/aromatic N) is 3. The third-order valence-electron chi connectivity index (χ3n) is 2.90. The molecule has 4 heteroatoms. The number of fused-ring (bicyclic) bond motifs is 1. The fraction of sp³-hybridized carbons (Fsp3) is 0.154. The maximum atomic E-state index is 6.22. The fourth-order valence-corrected chi connectivity index (χ4v) is 2.33. The van der Waals surface area contributed by atoms with Gasteiger partial charge in [-0.1, -0.05) is 23.7 Å². The van der Waals surface area contributed by atoms with Gasteiger partial charge in [-0.15, -0.1) is 0 Å². The molecule has 0 aliphatic rings. The van der Waals surface area contributed by atoms with Crippen LogP contribution >= 0.6 is 11.6 Å². The maximum absolute atomic E-state index is 6.22. The van der Waals surface area contributed by atoms with Crippen molar-refractivity contribution < 1.29 is 0 Å². The molecule has 3 nitrogen and oxygen atoms in total. The van der Waals surface area contributed by atoms with E-state index in [-0.39, 0.29) is 0 Å². The predicted molar refractivity (Wildman–Crippen MR) is 69.2 cm³/mol. The molecule has 0 amide bonds. The first kappa shape index (κ1) is 10.4. The van der Waals surface area contributed by atoms with Crippen molar-refractivity contribution in [2.75, 3.05) is 0 Å². The summed E-state index contributed by atoms with van der Waals surface area (Å²) in [5.74, 6) is 0. The second-order valence-corrected chi connectivity index (χ2v) is 4.39. The zero-order valence-corrected chi connectivity index (χ0v) is 10.0. The third-order valence-corrected chi connectivity index (χ3v) is 3.20. The highest BCUT2D eigenvalue weighted by molar-refractivity contribution is 6.35. The van der Waals surface area contributed by atoms with Gasteiger partial charge < -0.3 is 9.13 Å². The zero-order chi connectivity index (χ0) is 11.7. The summed E-state index contributed by atoms with van der Waals surface area (Å²) in [5.41, 5.74) is 1.11. The number of hydrogen-bond donors (Lipinski definition) is 0. The van der Waals surface area contributed by atoms with E-state index in [2.05, 4.69) is 32.4 Å². The normalized spacial score (nSPS) is 11.1. The van der Waals surface area contributed by atoms with Crippen LogP contribution in [0.3, 0.4) is 0 Å². The van der Waals surface area contributed by atoms with Gasteiger partial charge in [-0.2, -0.15) is 0 Å². The van der Waals surface area contributed by atoms with Crippen LogP contribution in [0.4, 0.5) is 0 Å². The molecule has 0 atom stereocenters. The SMILES string of the molecule is Clc1cccc2ccn(CCn3ccnc3)c12. The van der Waals surface area contributed by atoms with E-state index in [0.717, 1.165) is 23.6 Å². The molecule has 0 aliphatic heterocycles. The van der Waals surface area contributed by atoms with Crippen LogP contribution in [0.25, 0.3) is 10.9 Å². The van der Waals surface area contributed by atoms with Crippen molar-refractivity contribution in [1.29, 1.82) is 0 Å². The van der Waals surface area contributed by atoms with Crippen LogP contribution in [0.2, 0.25) is 5.02 Å². The molecule has 0 spiro atoms. The van der Waals surface area contributed by atoms with Gasteiger partial charge in [-0.25, -0.2) is 4.98 Å². The van der Waals surface area contributed by atoms with Gasteiger partial charge in [0, 0.05) is 37.1 Å². The first-order valence-electron chi connectivity index (χ1n) is 5.54. The Kier molecular flexibility index (Phi) is 2.61. The molecule has 86 valence electrons. The molecule has 0 unspecified atom stereocenters. The smallest absolute Gasteiger partial charge is 0.0946 e. The van der Waals surface area contributed by atoms with Crippen LogP contribution in [0.15, 0.2) is 49.2 Å². The molecular formula is C13H12ClN3. The molecule has 2 aromatic heterocycles. The monoisotopic (exact) mass is 245 g/mol. The number of imidazole rings is 1. The van der Waals surface area contributed by atoms with E-state index in [1.165, 1.54) is 5.39 Å². The standard InChI is InChI=1S/C13H12ClN3/c14-12-3-1-2-11-4-6-17(13(11)12)9-8-16-7-5-15-10-16/h1-7,10H,8-9H2. The van der Waals surface area contributed by atoms with E-state index in [1.54, 1.807) is 6.20 Å². The minimum Gasteiger partial charge on any atom is -0.344 e. The van der Waals surface area contributed by atoms with Gasteiger partial charge in [0.2, 0.25) is 0 Å².